The van der Waals surface area contributed by atoms with Crippen LogP contribution in [0.25, 0.3) is 11.3 Å². The summed E-state index contributed by atoms with van der Waals surface area (Å²) in [6, 6.07) is 4.37. The lowest BCUT2D eigenvalue weighted by molar-refractivity contribution is -0.138. The minimum atomic E-state index is -4.41. The van der Waals surface area contributed by atoms with Crippen molar-refractivity contribution in [1.29, 1.82) is 0 Å². The van der Waals surface area contributed by atoms with E-state index in [1.165, 1.54) is 6.20 Å². The Morgan fingerprint density at radius 1 is 1.15 bits per heavy atom. The zero-order valence-electron chi connectivity index (χ0n) is 15.9. The lowest BCUT2D eigenvalue weighted by atomic mass is 9.97. The van der Waals surface area contributed by atoms with Crippen LogP contribution in [0.2, 0.25) is 0 Å². The third kappa shape index (κ3) is 5.56. The van der Waals surface area contributed by atoms with Crippen molar-refractivity contribution < 1.29 is 18.3 Å². The maximum absolute atomic E-state index is 13.5. The van der Waals surface area contributed by atoms with Gasteiger partial charge in [-0.25, -0.2) is 4.98 Å². The number of imidazole rings is 1. The smallest absolute Gasteiger partial charge is 0.394 e. The Labute approximate surface area is 158 Å². The van der Waals surface area contributed by atoms with Crippen LogP contribution in [0.5, 0.6) is 0 Å². The maximum atomic E-state index is 13.5. The number of rotatable bonds is 9. The van der Waals surface area contributed by atoms with Gasteiger partial charge in [0.1, 0.15) is 5.82 Å². The highest BCUT2D eigenvalue weighted by Crippen LogP contribution is 2.35. The maximum Gasteiger partial charge on any atom is 0.416 e. The summed E-state index contributed by atoms with van der Waals surface area (Å²) in [7, 11) is 0. The van der Waals surface area contributed by atoms with Crippen LogP contribution in [-0.2, 0) is 18.1 Å². The van der Waals surface area contributed by atoms with E-state index in [0.29, 0.717) is 29.1 Å². The van der Waals surface area contributed by atoms with Crippen LogP contribution in [-0.4, -0.2) is 21.7 Å². The molecule has 0 fully saturated rings. The van der Waals surface area contributed by atoms with Gasteiger partial charge >= 0.3 is 6.18 Å². The van der Waals surface area contributed by atoms with E-state index in [9.17, 15) is 18.3 Å². The summed E-state index contributed by atoms with van der Waals surface area (Å²) in [5.41, 5.74) is 5.38. The van der Waals surface area contributed by atoms with Crippen LogP contribution in [0.15, 0.2) is 24.4 Å². The molecule has 0 bridgehead atoms. The highest BCUT2D eigenvalue weighted by atomic mass is 19.4. The van der Waals surface area contributed by atoms with E-state index in [1.807, 2.05) is 0 Å². The van der Waals surface area contributed by atoms with E-state index in [-0.39, 0.29) is 6.61 Å². The standard InChI is InChI=1S/C20H28F3N3O/c1-3-4-5-6-7-8-14-9-10-15(11-16(14)20(21,22)23)17-12-25-18(26-17)19(2,24)13-27/h9-12,27H,3-8,13,24H2,1-2H3,(H,25,26)/t19-/m0/s1. The van der Waals surface area contributed by atoms with Crippen molar-refractivity contribution in [3.05, 3.63) is 41.3 Å². The Hall–Kier alpha value is -1.86. The second-order valence-electron chi connectivity index (χ2n) is 7.25. The molecule has 0 aliphatic heterocycles. The molecule has 0 spiro atoms. The van der Waals surface area contributed by atoms with Gasteiger partial charge in [0.05, 0.1) is 29.6 Å². The van der Waals surface area contributed by atoms with Gasteiger partial charge in [-0.3, -0.25) is 0 Å². The van der Waals surface area contributed by atoms with E-state index in [4.69, 9.17) is 5.73 Å². The summed E-state index contributed by atoms with van der Waals surface area (Å²) in [5.74, 6) is 0.327. The molecule has 0 saturated carbocycles. The largest absolute Gasteiger partial charge is 0.416 e. The lowest BCUT2D eigenvalue weighted by Gasteiger charge is -2.18. The number of aliphatic hydroxyl groups is 1. The number of aliphatic hydroxyl groups excluding tert-OH is 1. The average molecular weight is 383 g/mol. The first kappa shape index (κ1) is 21.4. The number of alkyl halides is 3. The zero-order valence-corrected chi connectivity index (χ0v) is 15.9. The van der Waals surface area contributed by atoms with Gasteiger partial charge in [-0.15, -0.1) is 0 Å². The molecule has 27 heavy (non-hydrogen) atoms. The van der Waals surface area contributed by atoms with Crippen LogP contribution in [0.4, 0.5) is 13.2 Å². The van der Waals surface area contributed by atoms with Crippen molar-refractivity contribution in [2.24, 2.45) is 5.73 Å². The predicted octanol–water partition coefficient (Wildman–Crippen LogP) is 4.77. The van der Waals surface area contributed by atoms with Crippen molar-refractivity contribution in [1.82, 2.24) is 9.97 Å². The van der Waals surface area contributed by atoms with Crippen LogP contribution >= 0.6 is 0 Å². The van der Waals surface area contributed by atoms with Gasteiger partial charge in [0, 0.05) is 5.56 Å². The molecule has 4 N–H and O–H groups in total. The van der Waals surface area contributed by atoms with Gasteiger partial charge in [-0.05, 0) is 31.4 Å². The van der Waals surface area contributed by atoms with E-state index in [2.05, 4.69) is 16.9 Å². The Morgan fingerprint density at radius 2 is 1.85 bits per heavy atom. The number of nitrogens with zero attached hydrogens (tertiary/aromatic N) is 1. The second kappa shape index (κ2) is 8.89. The van der Waals surface area contributed by atoms with Crippen molar-refractivity contribution in [3.63, 3.8) is 0 Å². The van der Waals surface area contributed by atoms with Crippen LogP contribution < -0.4 is 5.73 Å². The molecular formula is C20H28F3N3O. The highest BCUT2D eigenvalue weighted by molar-refractivity contribution is 5.61. The first-order chi connectivity index (χ1) is 12.7. The molecule has 0 saturated heterocycles. The molecule has 0 amide bonds. The number of hydrogen-bond acceptors (Lipinski definition) is 3. The van der Waals surface area contributed by atoms with Crippen LogP contribution in [0.3, 0.4) is 0 Å². The van der Waals surface area contributed by atoms with Crippen molar-refractivity contribution in [3.8, 4) is 11.3 Å². The summed E-state index contributed by atoms with van der Waals surface area (Å²) < 4.78 is 40.6. The van der Waals surface area contributed by atoms with E-state index < -0.39 is 17.3 Å². The van der Waals surface area contributed by atoms with Gasteiger partial charge in [-0.2, -0.15) is 13.2 Å². The molecule has 1 aromatic carbocycles. The summed E-state index contributed by atoms with van der Waals surface area (Å²) in [6.45, 7) is 3.37. The fourth-order valence-electron chi connectivity index (χ4n) is 2.98. The van der Waals surface area contributed by atoms with E-state index in [1.54, 1.807) is 19.1 Å². The summed E-state index contributed by atoms with van der Waals surface area (Å²) in [4.78, 5) is 7.03. The molecule has 1 aromatic heterocycles. The number of nitrogens with one attached hydrogen (secondary N) is 1. The lowest BCUT2D eigenvalue weighted by Crippen LogP contribution is -2.38. The zero-order chi connectivity index (χ0) is 20.1. The summed E-state index contributed by atoms with van der Waals surface area (Å²) >= 11 is 0. The fraction of sp³-hybridized carbons (Fsp3) is 0.550. The van der Waals surface area contributed by atoms with Gasteiger partial charge in [0.25, 0.3) is 0 Å². The highest BCUT2D eigenvalue weighted by Gasteiger charge is 2.33. The monoisotopic (exact) mass is 383 g/mol. The minimum absolute atomic E-state index is 0.321. The molecule has 1 atom stereocenters. The molecule has 2 aromatic rings. The topological polar surface area (TPSA) is 74.9 Å². The number of aromatic amines is 1. The van der Waals surface area contributed by atoms with Crippen LogP contribution in [0.1, 0.15) is 62.9 Å². The quantitative estimate of drug-likeness (QED) is 0.546. The number of unbranched alkanes of at least 4 members (excludes halogenated alkanes) is 4. The predicted molar refractivity (Wildman–Crippen MR) is 100 cm³/mol. The Balaban J connectivity index is 2.25. The molecule has 4 nitrogen and oxygen atoms in total. The third-order valence-electron chi connectivity index (χ3n) is 4.72. The summed E-state index contributed by atoms with van der Waals surface area (Å²) in [6.07, 6.45) is 2.40. The van der Waals surface area contributed by atoms with Crippen molar-refractivity contribution in [2.75, 3.05) is 6.61 Å². The Morgan fingerprint density at radius 3 is 2.48 bits per heavy atom. The minimum Gasteiger partial charge on any atom is -0.394 e. The Kier molecular flexibility index (Phi) is 7.06. The number of benzene rings is 1. The number of halogens is 3. The van der Waals surface area contributed by atoms with Gasteiger partial charge < -0.3 is 15.8 Å². The molecule has 0 radical (unpaired) electrons. The van der Waals surface area contributed by atoms with Gasteiger partial charge in [-0.1, -0.05) is 44.7 Å². The van der Waals surface area contributed by atoms with E-state index >= 15 is 0 Å². The third-order valence-corrected chi connectivity index (χ3v) is 4.72. The first-order valence-corrected chi connectivity index (χ1v) is 9.34. The normalized spacial score (nSPS) is 14.3. The molecule has 0 aliphatic rings. The first-order valence-electron chi connectivity index (χ1n) is 9.34. The SMILES string of the molecule is CCCCCCCc1ccc(-c2cnc([C@@](C)(N)CO)[nH]2)cc1C(F)(F)F. The fourth-order valence-corrected chi connectivity index (χ4v) is 2.98. The second-order valence-corrected chi connectivity index (χ2v) is 7.25. The number of aromatic nitrogens is 2. The number of H-pyrrole nitrogens is 1. The number of aryl methyl sites for hydroxylation is 1. The molecule has 1 heterocycles. The van der Waals surface area contributed by atoms with Crippen molar-refractivity contribution >= 4 is 0 Å². The van der Waals surface area contributed by atoms with Gasteiger partial charge in [0.15, 0.2) is 0 Å². The molecule has 0 unspecified atom stereocenters. The summed E-state index contributed by atoms with van der Waals surface area (Å²) in [5, 5.41) is 9.32. The molecule has 2 rings (SSSR count). The number of nitrogens with two attached hydrogens (primary N) is 1. The Bertz CT molecular complexity index is 738. The molecule has 150 valence electrons. The molecular weight excluding hydrogens is 355 g/mol. The van der Waals surface area contributed by atoms with Gasteiger partial charge in [0.2, 0.25) is 0 Å². The van der Waals surface area contributed by atoms with E-state index in [0.717, 1.165) is 38.2 Å². The molecule has 0 aliphatic carbocycles. The van der Waals surface area contributed by atoms with Crippen LogP contribution in [0, 0.1) is 0 Å². The van der Waals surface area contributed by atoms with Crippen molar-refractivity contribution in [2.45, 2.75) is 64.1 Å². The average Bonchev–Trinajstić information content (AvgIpc) is 3.12. The number of hydrogen-bond donors (Lipinski definition) is 3. The molecule has 7 heteroatoms.